The predicted molar refractivity (Wildman–Crippen MR) is 80.4 cm³/mol. The Morgan fingerprint density at radius 2 is 2.16 bits per heavy atom. The number of rotatable bonds is 4. The monoisotopic (exact) mass is 373 g/mol. The molecule has 1 fully saturated rings. The summed E-state index contributed by atoms with van der Waals surface area (Å²) in [7, 11) is 0. The minimum atomic E-state index is -0.351. The molecule has 102 valence electrons. The summed E-state index contributed by atoms with van der Waals surface area (Å²) in [5.41, 5.74) is 1.03. The van der Waals surface area contributed by atoms with E-state index in [2.05, 4.69) is 32.9 Å². The maximum atomic E-state index is 11.9. The Labute approximate surface area is 126 Å². The lowest BCUT2D eigenvalue weighted by molar-refractivity contribution is 0.0527. The summed E-state index contributed by atoms with van der Waals surface area (Å²) in [5.74, 6) is -0.351. The number of hydrogen-bond acceptors (Lipinski definition) is 4. The third kappa shape index (κ3) is 3.89. The molecular weight excluding hydrogens is 357 g/mol. The van der Waals surface area contributed by atoms with E-state index in [1.165, 1.54) is 0 Å². The van der Waals surface area contributed by atoms with Crippen LogP contribution in [0.2, 0.25) is 0 Å². The average molecular weight is 373 g/mol. The molecule has 0 bridgehead atoms. The van der Waals surface area contributed by atoms with Gasteiger partial charge in [0.15, 0.2) is 0 Å². The molecule has 0 unspecified atom stereocenters. The zero-order valence-corrected chi connectivity index (χ0v) is 13.0. The fourth-order valence-electron chi connectivity index (χ4n) is 1.87. The minimum Gasteiger partial charge on any atom is -0.462 e. The van der Waals surface area contributed by atoms with Gasteiger partial charge in [0.05, 0.1) is 12.2 Å². The van der Waals surface area contributed by atoms with Gasteiger partial charge in [0.2, 0.25) is 0 Å². The van der Waals surface area contributed by atoms with Gasteiger partial charge in [-0.25, -0.2) is 4.79 Å². The Bertz CT molecular complexity index is 485. The molecule has 0 amide bonds. The van der Waals surface area contributed by atoms with Crippen LogP contribution in [0, 0.1) is 3.57 Å². The van der Waals surface area contributed by atoms with Gasteiger partial charge in [0.25, 0.3) is 0 Å². The van der Waals surface area contributed by atoms with Gasteiger partial charge in [-0.1, -0.05) is 5.22 Å². The Hall–Kier alpha value is -1.18. The van der Waals surface area contributed by atoms with Crippen LogP contribution in [0.1, 0.15) is 30.1 Å². The summed E-state index contributed by atoms with van der Waals surface area (Å²) in [5, 5.41) is 10.3. The number of hydrogen-bond donors (Lipinski definition) is 0. The Balaban J connectivity index is 2.20. The molecule has 0 spiro atoms. The molecule has 1 aromatic carbocycles. The molecular formula is C13H16IN3O2. The van der Waals surface area contributed by atoms with Gasteiger partial charge in [-0.2, -0.15) is 0 Å². The van der Waals surface area contributed by atoms with Gasteiger partial charge in [-0.05, 0) is 60.6 Å². The van der Waals surface area contributed by atoms with Crippen LogP contribution in [0.4, 0.5) is 5.69 Å². The highest BCUT2D eigenvalue weighted by atomic mass is 127. The Kier molecular flexibility index (Phi) is 5.12. The lowest BCUT2D eigenvalue weighted by Gasteiger charge is -2.09. The van der Waals surface area contributed by atoms with Crippen molar-refractivity contribution in [2.45, 2.75) is 19.8 Å². The smallest absolute Gasteiger partial charge is 0.340 e. The molecule has 1 aliphatic heterocycles. The van der Waals surface area contributed by atoms with Crippen molar-refractivity contribution in [2.75, 3.05) is 19.7 Å². The van der Waals surface area contributed by atoms with Crippen LogP contribution in [0.15, 0.2) is 28.5 Å². The van der Waals surface area contributed by atoms with E-state index in [1.54, 1.807) is 19.1 Å². The lowest BCUT2D eigenvalue weighted by Crippen LogP contribution is -2.10. The Morgan fingerprint density at radius 1 is 1.42 bits per heavy atom. The molecule has 19 heavy (non-hydrogen) atoms. The fraction of sp³-hybridized carbons (Fsp3) is 0.462. The van der Waals surface area contributed by atoms with Crippen molar-refractivity contribution in [3.8, 4) is 0 Å². The lowest BCUT2D eigenvalue weighted by atomic mass is 10.2. The van der Waals surface area contributed by atoms with Gasteiger partial charge in [0.1, 0.15) is 5.69 Å². The molecule has 1 saturated heterocycles. The highest BCUT2D eigenvalue weighted by Crippen LogP contribution is 2.24. The van der Waals surface area contributed by atoms with Crippen molar-refractivity contribution >= 4 is 34.2 Å². The molecule has 2 rings (SSSR count). The topological polar surface area (TPSA) is 54.3 Å². The third-order valence-electron chi connectivity index (χ3n) is 2.82. The fourth-order valence-corrected chi connectivity index (χ4v) is 2.36. The van der Waals surface area contributed by atoms with Gasteiger partial charge < -0.3 is 4.74 Å². The van der Waals surface area contributed by atoms with Gasteiger partial charge in [0, 0.05) is 16.7 Å². The van der Waals surface area contributed by atoms with Crippen molar-refractivity contribution in [1.29, 1.82) is 0 Å². The van der Waals surface area contributed by atoms with Crippen LogP contribution in [0.5, 0.6) is 0 Å². The normalized spacial score (nSPS) is 15.2. The summed E-state index contributed by atoms with van der Waals surface area (Å²) in [6.45, 7) is 4.01. The largest absolute Gasteiger partial charge is 0.462 e. The molecule has 0 aliphatic carbocycles. The van der Waals surface area contributed by atoms with Crippen LogP contribution >= 0.6 is 22.6 Å². The SMILES string of the molecule is CCOC(=O)c1cc(I)ccc1N=NN1CCCC1. The summed E-state index contributed by atoms with van der Waals surface area (Å²) in [6.07, 6.45) is 2.30. The first-order chi connectivity index (χ1) is 9.20. The van der Waals surface area contributed by atoms with Crippen LogP contribution in [0.3, 0.4) is 0 Å². The van der Waals surface area contributed by atoms with Crippen molar-refractivity contribution in [2.24, 2.45) is 10.3 Å². The van der Waals surface area contributed by atoms with Crippen LogP contribution < -0.4 is 0 Å². The van der Waals surface area contributed by atoms with Crippen molar-refractivity contribution in [1.82, 2.24) is 5.01 Å². The highest BCUT2D eigenvalue weighted by Gasteiger charge is 2.14. The van der Waals surface area contributed by atoms with E-state index in [4.69, 9.17) is 4.74 Å². The first-order valence-electron chi connectivity index (χ1n) is 6.34. The van der Waals surface area contributed by atoms with E-state index in [0.717, 1.165) is 29.5 Å². The third-order valence-corrected chi connectivity index (χ3v) is 3.49. The molecule has 1 aliphatic rings. The van der Waals surface area contributed by atoms with Crippen molar-refractivity contribution < 1.29 is 9.53 Å². The van der Waals surface area contributed by atoms with E-state index in [-0.39, 0.29) is 5.97 Å². The molecule has 0 N–H and O–H groups in total. The number of esters is 1. The van der Waals surface area contributed by atoms with E-state index in [9.17, 15) is 4.79 Å². The number of carbonyl (C=O) groups is 1. The summed E-state index contributed by atoms with van der Waals surface area (Å²) in [4.78, 5) is 11.9. The summed E-state index contributed by atoms with van der Waals surface area (Å²) < 4.78 is 6.01. The quantitative estimate of drug-likeness (QED) is 0.461. The second-order valence-electron chi connectivity index (χ2n) is 4.23. The maximum absolute atomic E-state index is 11.9. The van der Waals surface area contributed by atoms with Crippen LogP contribution in [0.25, 0.3) is 0 Å². The molecule has 6 heteroatoms. The highest BCUT2D eigenvalue weighted by molar-refractivity contribution is 14.1. The Morgan fingerprint density at radius 3 is 2.84 bits per heavy atom. The zero-order valence-electron chi connectivity index (χ0n) is 10.8. The van der Waals surface area contributed by atoms with Crippen molar-refractivity contribution in [3.63, 3.8) is 0 Å². The van der Waals surface area contributed by atoms with E-state index in [0.29, 0.717) is 17.9 Å². The van der Waals surface area contributed by atoms with Gasteiger partial charge in [-0.15, -0.1) is 5.11 Å². The molecule has 5 nitrogen and oxygen atoms in total. The predicted octanol–water partition coefficient (Wildman–Crippen LogP) is 3.56. The first-order valence-corrected chi connectivity index (χ1v) is 7.42. The molecule has 0 atom stereocenters. The molecule has 0 radical (unpaired) electrons. The minimum absolute atomic E-state index is 0.351. The maximum Gasteiger partial charge on any atom is 0.340 e. The second kappa shape index (κ2) is 6.83. The summed E-state index contributed by atoms with van der Waals surface area (Å²) in [6, 6.07) is 5.48. The molecule has 0 saturated carbocycles. The van der Waals surface area contributed by atoms with E-state index < -0.39 is 0 Å². The number of ether oxygens (including phenoxy) is 1. The second-order valence-corrected chi connectivity index (χ2v) is 5.48. The first kappa shape index (κ1) is 14.2. The molecule has 1 aromatic rings. The summed E-state index contributed by atoms with van der Waals surface area (Å²) >= 11 is 2.16. The number of nitrogens with zero attached hydrogens (tertiary/aromatic N) is 3. The number of carbonyl (C=O) groups excluding carboxylic acids is 1. The van der Waals surface area contributed by atoms with Crippen LogP contribution in [-0.4, -0.2) is 30.7 Å². The van der Waals surface area contributed by atoms with Gasteiger partial charge >= 0.3 is 5.97 Å². The molecule has 1 heterocycles. The average Bonchev–Trinajstić information content (AvgIpc) is 2.90. The van der Waals surface area contributed by atoms with Crippen LogP contribution in [-0.2, 0) is 4.74 Å². The number of benzene rings is 1. The van der Waals surface area contributed by atoms with Crippen molar-refractivity contribution in [3.05, 3.63) is 27.3 Å². The standard InChI is InChI=1S/C13H16IN3O2/c1-2-19-13(18)11-9-10(14)5-6-12(11)15-16-17-7-3-4-8-17/h5-6,9H,2-4,7-8H2,1H3. The van der Waals surface area contributed by atoms with Gasteiger partial charge in [-0.3, -0.25) is 5.01 Å². The zero-order chi connectivity index (χ0) is 13.7. The molecule has 0 aromatic heterocycles. The van der Waals surface area contributed by atoms with E-state index >= 15 is 0 Å². The van der Waals surface area contributed by atoms with E-state index in [1.807, 2.05) is 11.1 Å². The number of halogens is 1.